The summed E-state index contributed by atoms with van der Waals surface area (Å²) in [4.78, 5) is 2.73. The quantitative estimate of drug-likeness (QED) is 0.382. The van der Waals surface area contributed by atoms with Crippen LogP contribution in [-0.2, 0) is 0 Å². The molecule has 4 aromatic heterocycles. The van der Waals surface area contributed by atoms with E-state index in [1.54, 1.807) is 22.7 Å². The summed E-state index contributed by atoms with van der Waals surface area (Å²) in [5.41, 5.74) is 5.35. The van der Waals surface area contributed by atoms with Crippen molar-refractivity contribution in [3.63, 3.8) is 0 Å². The molecule has 0 amide bonds. The van der Waals surface area contributed by atoms with Crippen molar-refractivity contribution in [2.24, 2.45) is 0 Å². The standard InChI is InChI=1S/C16H10S4/c1-4-17-8-11(1)15-7-13(10-20-15)14-3-6-19-16(14)12-2-5-18-9-12/h1-10H. The molecule has 4 aromatic rings. The van der Waals surface area contributed by atoms with Crippen LogP contribution in [0.4, 0.5) is 0 Å². The fourth-order valence-electron chi connectivity index (χ4n) is 2.19. The lowest BCUT2D eigenvalue weighted by Crippen LogP contribution is -1.73. The molecular weight excluding hydrogens is 320 g/mol. The van der Waals surface area contributed by atoms with Crippen molar-refractivity contribution < 1.29 is 0 Å². The van der Waals surface area contributed by atoms with Gasteiger partial charge in [0.25, 0.3) is 0 Å². The normalized spacial score (nSPS) is 11.0. The van der Waals surface area contributed by atoms with Crippen molar-refractivity contribution in [3.8, 4) is 32.0 Å². The lowest BCUT2D eigenvalue weighted by molar-refractivity contribution is 1.79. The van der Waals surface area contributed by atoms with Crippen molar-refractivity contribution in [2.75, 3.05) is 0 Å². The molecule has 4 rings (SSSR count). The van der Waals surface area contributed by atoms with Crippen LogP contribution in [0.25, 0.3) is 32.0 Å². The molecule has 0 unspecified atom stereocenters. The second-order valence-electron chi connectivity index (χ2n) is 4.39. The van der Waals surface area contributed by atoms with E-state index in [1.165, 1.54) is 32.0 Å². The monoisotopic (exact) mass is 330 g/mol. The average Bonchev–Trinajstić information content (AvgIpc) is 3.23. The van der Waals surface area contributed by atoms with E-state index < -0.39 is 0 Å². The minimum Gasteiger partial charge on any atom is -0.152 e. The van der Waals surface area contributed by atoms with Gasteiger partial charge in [-0.1, -0.05) is 0 Å². The molecule has 4 heteroatoms. The van der Waals surface area contributed by atoms with Gasteiger partial charge in [0.15, 0.2) is 0 Å². The van der Waals surface area contributed by atoms with Gasteiger partial charge >= 0.3 is 0 Å². The second-order valence-corrected chi connectivity index (χ2v) is 7.77. The highest BCUT2D eigenvalue weighted by Crippen LogP contribution is 2.41. The first-order valence-corrected chi connectivity index (χ1v) is 9.78. The van der Waals surface area contributed by atoms with E-state index in [0.29, 0.717) is 0 Å². The summed E-state index contributed by atoms with van der Waals surface area (Å²) in [6.07, 6.45) is 0. The topological polar surface area (TPSA) is 0 Å². The molecule has 0 atom stereocenters. The summed E-state index contributed by atoms with van der Waals surface area (Å²) in [7, 11) is 0. The Hall–Kier alpha value is -1.20. The molecule has 0 N–H and O–H groups in total. The molecule has 20 heavy (non-hydrogen) atoms. The SMILES string of the molecule is c1cc(-c2cc(-c3ccsc3-c3ccsc3)cs2)cs1. The Morgan fingerprint density at radius 3 is 2.20 bits per heavy atom. The molecule has 0 bridgehead atoms. The summed E-state index contributed by atoms with van der Waals surface area (Å²) >= 11 is 7.16. The van der Waals surface area contributed by atoms with E-state index >= 15 is 0 Å². The predicted octanol–water partition coefficient (Wildman–Crippen LogP) is 6.93. The Balaban J connectivity index is 1.78. The second kappa shape index (κ2) is 5.30. The van der Waals surface area contributed by atoms with Crippen LogP contribution in [0.15, 0.2) is 56.5 Å². The highest BCUT2D eigenvalue weighted by molar-refractivity contribution is 7.16. The number of thiophene rings is 4. The predicted molar refractivity (Wildman–Crippen MR) is 94.3 cm³/mol. The fourth-order valence-corrected chi connectivity index (χ4v) is 5.46. The Kier molecular flexibility index (Phi) is 3.32. The summed E-state index contributed by atoms with van der Waals surface area (Å²) in [6, 6.07) is 8.93. The Bertz CT molecular complexity index is 801. The highest BCUT2D eigenvalue weighted by Gasteiger charge is 2.12. The van der Waals surface area contributed by atoms with Crippen LogP contribution in [-0.4, -0.2) is 0 Å². The maximum atomic E-state index is 2.31. The lowest BCUT2D eigenvalue weighted by Gasteiger charge is -1.99. The van der Waals surface area contributed by atoms with E-state index in [1.807, 2.05) is 22.7 Å². The van der Waals surface area contributed by atoms with Crippen molar-refractivity contribution in [1.82, 2.24) is 0 Å². The Labute approximate surface area is 133 Å². The van der Waals surface area contributed by atoms with Crippen LogP contribution in [0.3, 0.4) is 0 Å². The molecule has 0 aromatic carbocycles. The number of hydrogen-bond acceptors (Lipinski definition) is 4. The molecule has 0 saturated heterocycles. The molecule has 0 aliphatic rings. The first kappa shape index (κ1) is 12.5. The van der Waals surface area contributed by atoms with Crippen molar-refractivity contribution in [1.29, 1.82) is 0 Å². The van der Waals surface area contributed by atoms with Gasteiger partial charge in [-0.25, -0.2) is 0 Å². The van der Waals surface area contributed by atoms with Gasteiger partial charge in [0.1, 0.15) is 0 Å². The summed E-state index contributed by atoms with van der Waals surface area (Å²) in [5, 5.41) is 13.2. The highest BCUT2D eigenvalue weighted by atomic mass is 32.1. The molecular formula is C16H10S4. The molecule has 4 heterocycles. The third-order valence-corrected chi connectivity index (χ3v) is 6.47. The Morgan fingerprint density at radius 2 is 1.45 bits per heavy atom. The minimum atomic E-state index is 1.33. The molecule has 0 fully saturated rings. The summed E-state index contributed by atoms with van der Waals surface area (Å²) < 4.78 is 0. The smallest absolute Gasteiger partial charge is 0.0429 e. The average molecular weight is 331 g/mol. The van der Waals surface area contributed by atoms with Crippen molar-refractivity contribution >= 4 is 45.3 Å². The molecule has 0 aliphatic heterocycles. The van der Waals surface area contributed by atoms with Crippen molar-refractivity contribution in [3.05, 3.63) is 56.5 Å². The molecule has 0 spiro atoms. The summed E-state index contributed by atoms with van der Waals surface area (Å²) in [6.45, 7) is 0. The zero-order chi connectivity index (χ0) is 13.4. The molecule has 0 saturated carbocycles. The van der Waals surface area contributed by atoms with E-state index in [9.17, 15) is 0 Å². The molecule has 0 radical (unpaired) electrons. The van der Waals surface area contributed by atoms with Crippen LogP contribution in [0.2, 0.25) is 0 Å². The van der Waals surface area contributed by atoms with Crippen LogP contribution >= 0.6 is 45.3 Å². The van der Waals surface area contributed by atoms with E-state index in [0.717, 1.165) is 0 Å². The van der Waals surface area contributed by atoms with Gasteiger partial charge < -0.3 is 0 Å². The maximum Gasteiger partial charge on any atom is 0.0429 e. The molecule has 98 valence electrons. The number of hydrogen-bond donors (Lipinski definition) is 0. The van der Waals surface area contributed by atoms with Gasteiger partial charge in [-0.2, -0.15) is 22.7 Å². The van der Waals surface area contributed by atoms with E-state index in [2.05, 4.69) is 56.5 Å². The van der Waals surface area contributed by atoms with Crippen LogP contribution in [0.5, 0.6) is 0 Å². The van der Waals surface area contributed by atoms with Gasteiger partial charge in [-0.15, -0.1) is 22.7 Å². The van der Waals surface area contributed by atoms with E-state index in [4.69, 9.17) is 0 Å². The number of rotatable bonds is 3. The first-order valence-electron chi connectivity index (χ1n) is 6.13. The summed E-state index contributed by atoms with van der Waals surface area (Å²) in [5.74, 6) is 0. The van der Waals surface area contributed by atoms with Gasteiger partial charge in [-0.05, 0) is 62.1 Å². The van der Waals surface area contributed by atoms with Gasteiger partial charge in [0.2, 0.25) is 0 Å². The van der Waals surface area contributed by atoms with Crippen LogP contribution in [0.1, 0.15) is 0 Å². The van der Waals surface area contributed by atoms with Gasteiger partial charge in [0.05, 0.1) is 0 Å². The van der Waals surface area contributed by atoms with Gasteiger partial charge in [-0.3, -0.25) is 0 Å². The van der Waals surface area contributed by atoms with E-state index in [-0.39, 0.29) is 0 Å². The molecule has 0 nitrogen and oxygen atoms in total. The molecule has 0 aliphatic carbocycles. The van der Waals surface area contributed by atoms with Crippen molar-refractivity contribution in [2.45, 2.75) is 0 Å². The van der Waals surface area contributed by atoms with Gasteiger partial charge in [0, 0.05) is 26.4 Å². The third kappa shape index (κ3) is 2.19. The first-order chi connectivity index (χ1) is 9.92. The lowest BCUT2D eigenvalue weighted by atomic mass is 10.1. The third-order valence-electron chi connectivity index (χ3n) is 3.16. The fraction of sp³-hybridized carbons (Fsp3) is 0. The minimum absolute atomic E-state index is 1.33. The maximum absolute atomic E-state index is 2.31. The van der Waals surface area contributed by atoms with Crippen LogP contribution in [0, 0.1) is 0 Å². The largest absolute Gasteiger partial charge is 0.152 e. The zero-order valence-corrected chi connectivity index (χ0v) is 13.7. The Morgan fingerprint density at radius 1 is 0.650 bits per heavy atom. The van der Waals surface area contributed by atoms with Crippen LogP contribution < -0.4 is 0 Å². The zero-order valence-electron chi connectivity index (χ0n) is 10.4.